The van der Waals surface area contributed by atoms with Crippen molar-refractivity contribution < 1.29 is 36.6 Å². The highest BCUT2D eigenvalue weighted by molar-refractivity contribution is 5.86. The average Bonchev–Trinajstić information content (AvgIpc) is 2.00. The Morgan fingerprint density at radius 1 is 1.44 bits per heavy atom. The number of likely N-dealkylation sites (N-methyl/N-ethyl adjacent to an activating group) is 1. The lowest BCUT2D eigenvalue weighted by Crippen LogP contribution is -3.00. The second-order valence-electron chi connectivity index (χ2n) is 4.56. The maximum atomic E-state index is 10.9. The van der Waals surface area contributed by atoms with Crippen LogP contribution in [0.4, 0.5) is 0 Å². The van der Waals surface area contributed by atoms with Gasteiger partial charge >= 0.3 is 5.97 Å². The predicted octanol–water partition coefficient (Wildman–Crippen LogP) is -2.89. The van der Waals surface area contributed by atoms with E-state index in [1.165, 1.54) is 6.92 Å². The normalized spacial score (nSPS) is 12.6. The van der Waals surface area contributed by atoms with Gasteiger partial charge in [-0.15, -0.1) is 0 Å². The zero-order valence-electron chi connectivity index (χ0n) is 10.2. The van der Waals surface area contributed by atoms with Gasteiger partial charge in [0.2, 0.25) is 0 Å². The number of hydrogen-bond acceptors (Lipinski definition) is 4. The maximum Gasteiger partial charge on any atom is 0.368 e. The van der Waals surface area contributed by atoms with E-state index in [1.807, 2.05) is 21.1 Å². The van der Waals surface area contributed by atoms with Gasteiger partial charge in [-0.3, -0.25) is 4.89 Å². The van der Waals surface area contributed by atoms with E-state index >= 15 is 0 Å². The Labute approximate surface area is 103 Å². The van der Waals surface area contributed by atoms with Crippen molar-refractivity contribution in [2.24, 2.45) is 0 Å². The molecule has 0 saturated carbocycles. The molecule has 0 saturated heterocycles. The minimum Gasteiger partial charge on any atom is -1.00 e. The fourth-order valence-electron chi connectivity index (χ4n) is 0.922. The van der Waals surface area contributed by atoms with Crippen LogP contribution in [-0.4, -0.2) is 56.0 Å². The molecule has 6 heteroatoms. The van der Waals surface area contributed by atoms with E-state index in [4.69, 9.17) is 0 Å². The Kier molecular flexibility index (Phi) is 8.46. The van der Waals surface area contributed by atoms with E-state index in [9.17, 15) is 9.90 Å². The van der Waals surface area contributed by atoms with Crippen molar-refractivity contribution >= 4 is 5.97 Å². The second-order valence-corrected chi connectivity index (χ2v) is 4.56. The molecule has 1 unspecified atom stereocenters. The third kappa shape index (κ3) is 9.92. The fourth-order valence-corrected chi connectivity index (χ4v) is 0.922. The summed E-state index contributed by atoms with van der Waals surface area (Å²) < 4.78 is 0.610. The first-order valence-electron chi connectivity index (χ1n) is 4.70. The molecule has 0 aliphatic heterocycles. The number of halogens is 1. The highest BCUT2D eigenvalue weighted by Gasteiger charge is 2.16. The number of carbonyl (C=O) groups excluding carboxylic acids is 1. The van der Waals surface area contributed by atoms with E-state index in [0.29, 0.717) is 11.0 Å². The third-order valence-corrected chi connectivity index (χ3v) is 1.50. The van der Waals surface area contributed by atoms with Crippen LogP contribution in [0.1, 0.15) is 6.92 Å². The van der Waals surface area contributed by atoms with Crippen LogP contribution in [0.25, 0.3) is 0 Å². The Hall–Kier alpha value is -0.620. The Morgan fingerprint density at radius 2 is 1.94 bits per heavy atom. The summed E-state index contributed by atoms with van der Waals surface area (Å²) in [6, 6.07) is 0. The van der Waals surface area contributed by atoms with E-state index in [2.05, 4.69) is 16.4 Å². The van der Waals surface area contributed by atoms with Gasteiger partial charge in [0.25, 0.3) is 0 Å². The number of nitrogens with zero attached hydrogens (tertiary/aromatic N) is 1. The van der Waals surface area contributed by atoms with Crippen LogP contribution in [0.2, 0.25) is 0 Å². The molecule has 16 heavy (non-hydrogen) atoms. The molecule has 0 aromatic carbocycles. The Morgan fingerprint density at radius 3 is 2.31 bits per heavy atom. The van der Waals surface area contributed by atoms with Crippen molar-refractivity contribution in [3.8, 4) is 0 Å². The van der Waals surface area contributed by atoms with Crippen molar-refractivity contribution in [1.82, 2.24) is 0 Å². The number of quaternary nitrogens is 1. The van der Waals surface area contributed by atoms with Gasteiger partial charge in [0.15, 0.2) is 0 Å². The van der Waals surface area contributed by atoms with Gasteiger partial charge in [0, 0.05) is 5.57 Å². The van der Waals surface area contributed by atoms with Crippen LogP contribution in [0, 0.1) is 0 Å². The van der Waals surface area contributed by atoms with E-state index in [-0.39, 0.29) is 24.6 Å². The van der Waals surface area contributed by atoms with Gasteiger partial charge < -0.3 is 22.0 Å². The van der Waals surface area contributed by atoms with Crippen LogP contribution >= 0.6 is 0 Å². The summed E-state index contributed by atoms with van der Waals surface area (Å²) in [6.45, 7) is 5.40. The number of aliphatic hydroxyl groups excluding tert-OH is 1. The molecule has 0 bridgehead atoms. The molecular formula is C10H20ClNO4. The lowest BCUT2D eigenvalue weighted by molar-refractivity contribution is -0.873. The molecular weight excluding hydrogens is 234 g/mol. The summed E-state index contributed by atoms with van der Waals surface area (Å²) in [5, 5.41) is 9.48. The van der Waals surface area contributed by atoms with Gasteiger partial charge in [-0.2, -0.15) is 4.89 Å². The number of hydrogen-bond donors (Lipinski definition) is 1. The molecule has 1 N–H and O–H groups in total. The van der Waals surface area contributed by atoms with Crippen molar-refractivity contribution in [3.63, 3.8) is 0 Å². The van der Waals surface area contributed by atoms with Crippen molar-refractivity contribution in [3.05, 3.63) is 12.2 Å². The first-order valence-corrected chi connectivity index (χ1v) is 4.70. The minimum atomic E-state index is -0.664. The first kappa shape index (κ1) is 17.8. The van der Waals surface area contributed by atoms with Gasteiger partial charge in [-0.1, -0.05) is 6.58 Å². The highest BCUT2D eigenvalue weighted by atomic mass is 35.5. The molecule has 0 aliphatic rings. The van der Waals surface area contributed by atoms with Gasteiger partial charge in [-0.25, -0.2) is 4.79 Å². The molecule has 1 atom stereocenters. The number of carbonyl (C=O) groups is 1. The zero-order chi connectivity index (χ0) is 12.1. The summed E-state index contributed by atoms with van der Waals surface area (Å²) in [4.78, 5) is 19.9. The zero-order valence-corrected chi connectivity index (χ0v) is 11.0. The van der Waals surface area contributed by atoms with E-state index in [0.717, 1.165) is 0 Å². The molecule has 0 aliphatic carbocycles. The Balaban J connectivity index is 0. The smallest absolute Gasteiger partial charge is 0.368 e. The molecule has 0 rings (SSSR count). The monoisotopic (exact) mass is 253 g/mol. The van der Waals surface area contributed by atoms with Gasteiger partial charge in [0.05, 0.1) is 21.1 Å². The molecule has 0 aromatic heterocycles. The Bertz CT molecular complexity index is 237. The van der Waals surface area contributed by atoms with Crippen molar-refractivity contribution in [2.45, 2.75) is 13.0 Å². The van der Waals surface area contributed by atoms with Crippen LogP contribution < -0.4 is 12.4 Å². The number of aliphatic hydroxyl groups is 1. The summed E-state index contributed by atoms with van der Waals surface area (Å²) in [7, 11) is 5.84. The second kappa shape index (κ2) is 7.62. The van der Waals surface area contributed by atoms with Crippen molar-refractivity contribution in [1.29, 1.82) is 0 Å². The molecule has 5 nitrogen and oxygen atoms in total. The standard InChI is InChI=1S/C10H20NO4.ClH/c1-8(2)10(13)15-14-7-9(12)6-11(3,4)5;/h9,12H,1,6-7H2,2-5H3;1H/q+1;/p-1. The van der Waals surface area contributed by atoms with Crippen LogP contribution in [0.3, 0.4) is 0 Å². The largest absolute Gasteiger partial charge is 1.00 e. The van der Waals surface area contributed by atoms with Crippen LogP contribution in [0.5, 0.6) is 0 Å². The summed E-state index contributed by atoms with van der Waals surface area (Å²) >= 11 is 0. The molecule has 0 aromatic rings. The van der Waals surface area contributed by atoms with Gasteiger partial charge in [-0.05, 0) is 6.92 Å². The highest BCUT2D eigenvalue weighted by Crippen LogP contribution is 1.98. The van der Waals surface area contributed by atoms with E-state index < -0.39 is 12.1 Å². The summed E-state index contributed by atoms with van der Waals surface area (Å²) in [6.07, 6.45) is -0.664. The summed E-state index contributed by atoms with van der Waals surface area (Å²) in [5.74, 6) is -0.618. The molecule has 0 radical (unpaired) electrons. The molecule has 96 valence electrons. The van der Waals surface area contributed by atoms with Crippen LogP contribution in [-0.2, 0) is 14.6 Å². The third-order valence-electron chi connectivity index (χ3n) is 1.50. The maximum absolute atomic E-state index is 10.9. The topological polar surface area (TPSA) is 55.8 Å². The van der Waals surface area contributed by atoms with Crippen LogP contribution in [0.15, 0.2) is 12.2 Å². The number of rotatable bonds is 6. The lowest BCUT2D eigenvalue weighted by Gasteiger charge is -2.26. The van der Waals surface area contributed by atoms with Crippen molar-refractivity contribution in [2.75, 3.05) is 34.3 Å². The summed E-state index contributed by atoms with van der Waals surface area (Å²) in [5.41, 5.74) is 0.260. The first-order chi connectivity index (χ1) is 6.72. The minimum absolute atomic E-state index is 0. The SMILES string of the molecule is C=C(C)C(=O)OOCC(O)C[N+](C)(C)C.[Cl-]. The van der Waals surface area contributed by atoms with Gasteiger partial charge in [0.1, 0.15) is 19.3 Å². The predicted molar refractivity (Wildman–Crippen MR) is 55.8 cm³/mol. The van der Waals surface area contributed by atoms with E-state index in [1.54, 1.807) is 0 Å². The lowest BCUT2D eigenvalue weighted by atomic mass is 10.3. The fraction of sp³-hybridized carbons (Fsp3) is 0.700. The molecule has 0 spiro atoms. The quantitative estimate of drug-likeness (QED) is 0.239. The average molecular weight is 254 g/mol. The molecule has 0 amide bonds. The molecule has 0 fully saturated rings. The molecule has 0 heterocycles.